The third-order valence-corrected chi connectivity index (χ3v) is 3.94. The van der Waals surface area contributed by atoms with E-state index in [1.807, 2.05) is 0 Å². The predicted molar refractivity (Wildman–Crippen MR) is 92.5 cm³/mol. The normalized spacial score (nSPS) is 16.0. The molecule has 2 amide bonds. The van der Waals surface area contributed by atoms with E-state index in [0.717, 1.165) is 0 Å². The summed E-state index contributed by atoms with van der Waals surface area (Å²) in [5, 5.41) is 12.2. The Hall–Kier alpha value is -2.70. The van der Waals surface area contributed by atoms with Crippen molar-refractivity contribution < 1.29 is 24.2 Å². The van der Waals surface area contributed by atoms with Crippen molar-refractivity contribution in [2.75, 3.05) is 19.7 Å². The van der Waals surface area contributed by atoms with Crippen LogP contribution in [0, 0.1) is 0 Å². The molecule has 1 saturated heterocycles. The maximum Gasteiger partial charge on any atom is 0.410 e. The number of rotatable bonds is 6. The molecule has 1 fully saturated rings. The van der Waals surface area contributed by atoms with E-state index in [9.17, 15) is 14.7 Å². The van der Waals surface area contributed by atoms with E-state index in [1.54, 1.807) is 24.0 Å². The summed E-state index contributed by atoms with van der Waals surface area (Å²) in [5.74, 6) is 0.448. The Morgan fingerprint density at radius 1 is 1.36 bits per heavy atom. The predicted octanol–water partition coefficient (Wildman–Crippen LogP) is 2.06. The van der Waals surface area contributed by atoms with Crippen molar-refractivity contribution in [2.45, 2.75) is 31.9 Å². The first-order valence-electron chi connectivity index (χ1n) is 8.28. The first-order chi connectivity index (χ1) is 12.0. The van der Waals surface area contributed by atoms with Gasteiger partial charge in [0.15, 0.2) is 6.10 Å². The van der Waals surface area contributed by atoms with Crippen LogP contribution in [0.2, 0.25) is 0 Å². The van der Waals surface area contributed by atoms with E-state index in [-0.39, 0.29) is 30.4 Å². The molecule has 25 heavy (non-hydrogen) atoms. The van der Waals surface area contributed by atoms with E-state index >= 15 is 0 Å². The van der Waals surface area contributed by atoms with Gasteiger partial charge in [-0.25, -0.2) is 4.79 Å². The van der Waals surface area contributed by atoms with Crippen LogP contribution in [-0.4, -0.2) is 53.8 Å². The van der Waals surface area contributed by atoms with Crippen LogP contribution >= 0.6 is 0 Å². The molecule has 0 aromatic heterocycles. The highest BCUT2D eigenvalue weighted by Crippen LogP contribution is 2.17. The maximum atomic E-state index is 12.2. The van der Waals surface area contributed by atoms with Crippen LogP contribution in [0.1, 0.15) is 19.8 Å². The summed E-state index contributed by atoms with van der Waals surface area (Å²) < 4.78 is 10.6. The molecular formula is C18H24N2O5. The number of ether oxygens (including phenoxy) is 2. The van der Waals surface area contributed by atoms with Crippen LogP contribution in [0.25, 0.3) is 0 Å². The Balaban J connectivity index is 1.75. The van der Waals surface area contributed by atoms with Crippen molar-refractivity contribution >= 4 is 12.0 Å². The Bertz CT molecular complexity index is 594. The number of phenolic OH excluding ortho intramolecular Hbond substituents is 1. The van der Waals surface area contributed by atoms with Crippen LogP contribution in [0.3, 0.4) is 0 Å². The molecule has 2 N–H and O–H groups in total. The topological polar surface area (TPSA) is 88.1 Å². The van der Waals surface area contributed by atoms with Crippen molar-refractivity contribution in [3.8, 4) is 11.5 Å². The van der Waals surface area contributed by atoms with Crippen molar-refractivity contribution in [3.63, 3.8) is 0 Å². The minimum absolute atomic E-state index is 0.00169. The molecule has 1 unspecified atom stereocenters. The number of hydrogen-bond acceptors (Lipinski definition) is 5. The Kier molecular flexibility index (Phi) is 6.68. The van der Waals surface area contributed by atoms with Gasteiger partial charge >= 0.3 is 6.09 Å². The van der Waals surface area contributed by atoms with Crippen LogP contribution in [0.5, 0.6) is 11.5 Å². The zero-order valence-electron chi connectivity index (χ0n) is 14.3. The van der Waals surface area contributed by atoms with Gasteiger partial charge in [0.05, 0.1) is 0 Å². The quantitative estimate of drug-likeness (QED) is 0.768. The first-order valence-corrected chi connectivity index (χ1v) is 8.28. The third kappa shape index (κ3) is 5.70. The van der Waals surface area contributed by atoms with Gasteiger partial charge in [-0.1, -0.05) is 12.7 Å². The Morgan fingerprint density at radius 2 is 2.00 bits per heavy atom. The zero-order valence-corrected chi connectivity index (χ0v) is 14.3. The molecule has 1 heterocycles. The van der Waals surface area contributed by atoms with Gasteiger partial charge in [-0.05, 0) is 44.0 Å². The van der Waals surface area contributed by atoms with Crippen molar-refractivity contribution in [3.05, 3.63) is 36.9 Å². The monoisotopic (exact) mass is 348 g/mol. The van der Waals surface area contributed by atoms with Gasteiger partial charge in [-0.15, -0.1) is 0 Å². The lowest BCUT2D eigenvalue weighted by Gasteiger charge is -2.32. The number of benzene rings is 1. The smallest absolute Gasteiger partial charge is 0.410 e. The van der Waals surface area contributed by atoms with Crippen molar-refractivity contribution in [1.29, 1.82) is 0 Å². The third-order valence-electron chi connectivity index (χ3n) is 3.94. The molecule has 0 bridgehead atoms. The maximum absolute atomic E-state index is 12.2. The number of piperidine rings is 1. The van der Waals surface area contributed by atoms with Crippen molar-refractivity contribution in [1.82, 2.24) is 10.2 Å². The standard InChI is InChI=1S/C18H24N2O5/c1-3-12-24-18(23)20-10-8-14(9-11-20)19-17(22)13(2)25-16-6-4-15(21)5-7-16/h3-7,13-14,21H,1,8-12H2,2H3,(H,19,22). The molecule has 0 aliphatic carbocycles. The molecular weight excluding hydrogens is 324 g/mol. The highest BCUT2D eigenvalue weighted by molar-refractivity contribution is 5.81. The van der Waals surface area contributed by atoms with Gasteiger partial charge in [0.1, 0.15) is 18.1 Å². The highest BCUT2D eigenvalue weighted by Gasteiger charge is 2.26. The number of carbonyl (C=O) groups excluding carboxylic acids is 2. The lowest BCUT2D eigenvalue weighted by atomic mass is 10.1. The fourth-order valence-electron chi connectivity index (χ4n) is 2.53. The summed E-state index contributed by atoms with van der Waals surface area (Å²) in [5.41, 5.74) is 0. The Labute approximate surface area is 147 Å². The zero-order chi connectivity index (χ0) is 18.2. The molecule has 7 heteroatoms. The lowest BCUT2D eigenvalue weighted by Crippen LogP contribution is -2.49. The van der Waals surface area contributed by atoms with Gasteiger partial charge in [0.25, 0.3) is 5.91 Å². The van der Waals surface area contributed by atoms with Gasteiger partial charge in [0, 0.05) is 19.1 Å². The second-order valence-electron chi connectivity index (χ2n) is 5.89. The number of carbonyl (C=O) groups is 2. The summed E-state index contributed by atoms with van der Waals surface area (Å²) in [7, 11) is 0. The van der Waals surface area contributed by atoms with E-state index in [2.05, 4.69) is 11.9 Å². The number of phenols is 1. The summed E-state index contributed by atoms with van der Waals surface area (Å²) in [6.07, 6.45) is 1.86. The van der Waals surface area contributed by atoms with E-state index in [1.165, 1.54) is 18.2 Å². The number of aromatic hydroxyl groups is 1. The minimum Gasteiger partial charge on any atom is -0.508 e. The Morgan fingerprint density at radius 3 is 2.60 bits per heavy atom. The van der Waals surface area contributed by atoms with Crippen LogP contribution < -0.4 is 10.1 Å². The van der Waals surface area contributed by atoms with E-state index < -0.39 is 6.10 Å². The van der Waals surface area contributed by atoms with Gasteiger partial charge in [-0.3, -0.25) is 4.79 Å². The van der Waals surface area contributed by atoms with E-state index in [0.29, 0.717) is 31.7 Å². The molecule has 1 aromatic rings. The van der Waals surface area contributed by atoms with Crippen LogP contribution in [0.4, 0.5) is 4.79 Å². The first kappa shape index (κ1) is 18.6. The van der Waals surface area contributed by atoms with E-state index in [4.69, 9.17) is 9.47 Å². The molecule has 1 atom stereocenters. The number of nitrogens with zero attached hydrogens (tertiary/aromatic N) is 1. The summed E-state index contributed by atoms with van der Waals surface area (Å²) in [4.78, 5) is 25.6. The molecule has 1 aliphatic heterocycles. The lowest BCUT2D eigenvalue weighted by molar-refractivity contribution is -0.128. The number of nitrogens with one attached hydrogen (secondary N) is 1. The van der Waals surface area contributed by atoms with Crippen LogP contribution in [0.15, 0.2) is 36.9 Å². The van der Waals surface area contributed by atoms with Crippen molar-refractivity contribution in [2.24, 2.45) is 0 Å². The minimum atomic E-state index is -0.653. The molecule has 0 saturated carbocycles. The molecule has 0 spiro atoms. The molecule has 0 radical (unpaired) electrons. The SMILES string of the molecule is C=CCOC(=O)N1CCC(NC(=O)C(C)Oc2ccc(O)cc2)CC1. The summed E-state index contributed by atoms with van der Waals surface area (Å²) in [6.45, 7) is 6.44. The van der Waals surface area contributed by atoms with Gasteiger partial charge in [0.2, 0.25) is 0 Å². The number of hydrogen-bond donors (Lipinski definition) is 2. The molecule has 7 nitrogen and oxygen atoms in total. The average molecular weight is 348 g/mol. The summed E-state index contributed by atoms with van der Waals surface area (Å²) in [6, 6.07) is 6.21. The van der Waals surface area contributed by atoms with Gasteiger partial charge in [-0.2, -0.15) is 0 Å². The van der Waals surface area contributed by atoms with Crippen LogP contribution in [-0.2, 0) is 9.53 Å². The molecule has 2 rings (SSSR count). The number of likely N-dealkylation sites (tertiary alicyclic amines) is 1. The number of amides is 2. The van der Waals surface area contributed by atoms with Gasteiger partial charge < -0.3 is 24.8 Å². The molecule has 136 valence electrons. The second kappa shape index (κ2) is 8.96. The average Bonchev–Trinajstić information content (AvgIpc) is 2.62. The molecule has 1 aromatic carbocycles. The fourth-order valence-corrected chi connectivity index (χ4v) is 2.53. The largest absolute Gasteiger partial charge is 0.508 e. The highest BCUT2D eigenvalue weighted by atomic mass is 16.6. The second-order valence-corrected chi connectivity index (χ2v) is 5.89. The summed E-state index contributed by atoms with van der Waals surface area (Å²) >= 11 is 0. The molecule has 1 aliphatic rings. The fraction of sp³-hybridized carbons (Fsp3) is 0.444.